The van der Waals surface area contributed by atoms with Crippen LogP contribution in [0.5, 0.6) is 0 Å². The van der Waals surface area contributed by atoms with E-state index in [9.17, 15) is 9.18 Å². The number of aromatic nitrogens is 1. The molecule has 1 heterocycles. The van der Waals surface area contributed by atoms with Gasteiger partial charge in [-0.1, -0.05) is 6.07 Å². The molecule has 0 saturated carbocycles. The highest BCUT2D eigenvalue weighted by molar-refractivity contribution is 5.86. The summed E-state index contributed by atoms with van der Waals surface area (Å²) in [5.41, 5.74) is 2.37. The van der Waals surface area contributed by atoms with Crippen molar-refractivity contribution >= 4 is 12.0 Å². The number of carbonyl (C=O) groups excluding carboxylic acids is 1. The Morgan fingerprint density at radius 2 is 1.95 bits per heavy atom. The number of hydrogen-bond acceptors (Lipinski definition) is 3. The fraction of sp³-hybridized carbons (Fsp3) is 0.0667. The van der Waals surface area contributed by atoms with Crippen molar-refractivity contribution in [1.29, 1.82) is 0 Å². The number of carbonyl (C=O) groups is 1. The van der Waals surface area contributed by atoms with Gasteiger partial charge in [-0.3, -0.25) is 4.98 Å². The first-order valence-electron chi connectivity index (χ1n) is 5.67. The van der Waals surface area contributed by atoms with Crippen molar-refractivity contribution in [2.45, 2.75) is 0 Å². The molecule has 0 spiro atoms. The molecule has 0 aliphatic rings. The molecule has 0 bridgehead atoms. The molecule has 2 aromatic rings. The van der Waals surface area contributed by atoms with Gasteiger partial charge < -0.3 is 4.74 Å². The molecular formula is C15H12FNO2. The van der Waals surface area contributed by atoms with Crippen LogP contribution in [0.3, 0.4) is 0 Å². The summed E-state index contributed by atoms with van der Waals surface area (Å²) < 4.78 is 17.3. The van der Waals surface area contributed by atoms with Crippen LogP contribution in [0.2, 0.25) is 0 Å². The zero-order valence-corrected chi connectivity index (χ0v) is 10.3. The average Bonchev–Trinajstić information content (AvgIpc) is 2.46. The van der Waals surface area contributed by atoms with Crippen molar-refractivity contribution in [3.8, 4) is 11.3 Å². The number of pyridine rings is 1. The summed E-state index contributed by atoms with van der Waals surface area (Å²) in [6.07, 6.45) is 4.58. The highest BCUT2D eigenvalue weighted by atomic mass is 19.1. The molecule has 0 radical (unpaired) electrons. The van der Waals surface area contributed by atoms with E-state index >= 15 is 0 Å². The third-order valence-corrected chi connectivity index (χ3v) is 2.54. The lowest BCUT2D eigenvalue weighted by molar-refractivity contribution is -0.134. The molecule has 1 aromatic heterocycles. The van der Waals surface area contributed by atoms with Crippen LogP contribution in [0.1, 0.15) is 5.56 Å². The molecule has 0 aliphatic heterocycles. The van der Waals surface area contributed by atoms with E-state index in [0.29, 0.717) is 0 Å². The van der Waals surface area contributed by atoms with Gasteiger partial charge in [0.2, 0.25) is 0 Å². The summed E-state index contributed by atoms with van der Waals surface area (Å²) in [5.74, 6) is -0.691. The number of benzene rings is 1. The molecule has 0 N–H and O–H groups in total. The molecule has 0 unspecified atom stereocenters. The van der Waals surface area contributed by atoms with Crippen molar-refractivity contribution in [2.75, 3.05) is 7.11 Å². The Morgan fingerprint density at radius 3 is 2.53 bits per heavy atom. The predicted octanol–water partition coefficient (Wildman–Crippen LogP) is 3.07. The molecule has 0 fully saturated rings. The molecule has 0 amide bonds. The van der Waals surface area contributed by atoms with E-state index in [0.717, 1.165) is 16.8 Å². The van der Waals surface area contributed by atoms with Gasteiger partial charge in [0, 0.05) is 17.8 Å². The first-order chi connectivity index (χ1) is 9.19. The first kappa shape index (κ1) is 13.0. The summed E-state index contributed by atoms with van der Waals surface area (Å²) in [4.78, 5) is 15.2. The Kier molecular flexibility index (Phi) is 4.03. The second kappa shape index (κ2) is 5.91. The molecular weight excluding hydrogens is 245 g/mol. The van der Waals surface area contributed by atoms with Gasteiger partial charge in [-0.05, 0) is 42.0 Å². The summed E-state index contributed by atoms with van der Waals surface area (Å²) in [6.45, 7) is 0. The van der Waals surface area contributed by atoms with Crippen molar-refractivity contribution in [2.24, 2.45) is 0 Å². The molecule has 3 nitrogen and oxygen atoms in total. The maximum atomic E-state index is 12.8. The van der Waals surface area contributed by atoms with Gasteiger partial charge >= 0.3 is 5.97 Å². The van der Waals surface area contributed by atoms with E-state index in [4.69, 9.17) is 0 Å². The summed E-state index contributed by atoms with van der Waals surface area (Å²) >= 11 is 0. The summed E-state index contributed by atoms with van der Waals surface area (Å²) in [7, 11) is 1.32. The molecule has 0 atom stereocenters. The van der Waals surface area contributed by atoms with E-state index in [1.165, 1.54) is 25.3 Å². The van der Waals surface area contributed by atoms with Crippen LogP contribution in [0, 0.1) is 5.82 Å². The third kappa shape index (κ3) is 3.48. The molecule has 2 rings (SSSR count). The maximum absolute atomic E-state index is 12.8. The molecule has 96 valence electrons. The van der Waals surface area contributed by atoms with Gasteiger partial charge in [0.1, 0.15) is 5.82 Å². The normalized spacial score (nSPS) is 10.6. The van der Waals surface area contributed by atoms with Crippen LogP contribution in [0.25, 0.3) is 17.3 Å². The Morgan fingerprint density at radius 1 is 1.21 bits per heavy atom. The van der Waals surface area contributed by atoms with Crippen LogP contribution in [0.15, 0.2) is 48.7 Å². The van der Waals surface area contributed by atoms with Gasteiger partial charge in [-0.15, -0.1) is 0 Å². The van der Waals surface area contributed by atoms with Gasteiger partial charge in [0.15, 0.2) is 0 Å². The van der Waals surface area contributed by atoms with Crippen molar-refractivity contribution in [3.63, 3.8) is 0 Å². The van der Waals surface area contributed by atoms with Crippen LogP contribution in [0.4, 0.5) is 4.39 Å². The molecule has 0 aliphatic carbocycles. The molecule has 1 aromatic carbocycles. The number of ether oxygens (including phenoxy) is 1. The second-order valence-electron chi connectivity index (χ2n) is 3.84. The molecule has 0 saturated heterocycles. The smallest absolute Gasteiger partial charge is 0.330 e. The summed E-state index contributed by atoms with van der Waals surface area (Å²) in [6, 6.07) is 9.75. The number of hydrogen-bond donors (Lipinski definition) is 0. The Balaban J connectivity index is 2.16. The lowest BCUT2D eigenvalue weighted by Gasteiger charge is -2.01. The third-order valence-electron chi connectivity index (χ3n) is 2.54. The fourth-order valence-corrected chi connectivity index (χ4v) is 1.53. The van der Waals surface area contributed by atoms with Crippen LogP contribution < -0.4 is 0 Å². The molecule has 4 heteroatoms. The first-order valence-corrected chi connectivity index (χ1v) is 5.67. The number of halogens is 1. The quantitative estimate of drug-likeness (QED) is 0.626. The van der Waals surface area contributed by atoms with Crippen molar-refractivity contribution in [1.82, 2.24) is 4.98 Å². The van der Waals surface area contributed by atoms with Crippen molar-refractivity contribution < 1.29 is 13.9 Å². The lowest BCUT2D eigenvalue weighted by atomic mass is 10.1. The zero-order chi connectivity index (χ0) is 13.7. The molecule has 19 heavy (non-hydrogen) atoms. The SMILES string of the molecule is COC(=O)/C=C/c1ccc(-c2ccc(F)cc2)nc1. The fourth-order valence-electron chi connectivity index (χ4n) is 1.53. The van der Waals surface area contributed by atoms with E-state index in [-0.39, 0.29) is 5.82 Å². The van der Waals surface area contributed by atoms with E-state index < -0.39 is 5.97 Å². The van der Waals surface area contributed by atoms with Crippen molar-refractivity contribution in [3.05, 3.63) is 60.1 Å². The topological polar surface area (TPSA) is 39.2 Å². The Bertz CT molecular complexity index is 589. The predicted molar refractivity (Wildman–Crippen MR) is 70.7 cm³/mol. The number of rotatable bonds is 3. The average molecular weight is 257 g/mol. The largest absolute Gasteiger partial charge is 0.466 e. The minimum atomic E-state index is -0.414. The van der Waals surface area contributed by atoms with Gasteiger partial charge in [-0.2, -0.15) is 0 Å². The maximum Gasteiger partial charge on any atom is 0.330 e. The van der Waals surface area contributed by atoms with E-state index in [2.05, 4.69) is 9.72 Å². The number of methoxy groups -OCH3 is 1. The lowest BCUT2D eigenvalue weighted by Crippen LogP contribution is -1.93. The van der Waals surface area contributed by atoms with Crippen LogP contribution in [-0.2, 0) is 9.53 Å². The Hall–Kier alpha value is -2.49. The van der Waals surface area contributed by atoms with Crippen LogP contribution in [-0.4, -0.2) is 18.1 Å². The zero-order valence-electron chi connectivity index (χ0n) is 10.3. The minimum Gasteiger partial charge on any atom is -0.466 e. The second-order valence-corrected chi connectivity index (χ2v) is 3.84. The minimum absolute atomic E-state index is 0.276. The monoisotopic (exact) mass is 257 g/mol. The van der Waals surface area contributed by atoms with Crippen LogP contribution >= 0.6 is 0 Å². The number of esters is 1. The van der Waals surface area contributed by atoms with Gasteiger partial charge in [0.05, 0.1) is 12.8 Å². The van der Waals surface area contributed by atoms with E-state index in [1.807, 2.05) is 12.1 Å². The Labute approximate surface area is 110 Å². The summed E-state index contributed by atoms with van der Waals surface area (Å²) in [5, 5.41) is 0. The van der Waals surface area contributed by atoms with Gasteiger partial charge in [-0.25, -0.2) is 9.18 Å². The number of nitrogens with zero attached hydrogens (tertiary/aromatic N) is 1. The highest BCUT2D eigenvalue weighted by Gasteiger charge is 1.99. The van der Waals surface area contributed by atoms with E-state index in [1.54, 1.807) is 24.4 Å². The standard InChI is InChI=1S/C15H12FNO2/c1-19-15(18)9-3-11-2-8-14(17-10-11)12-4-6-13(16)7-5-12/h2-10H,1H3/b9-3+. The highest BCUT2D eigenvalue weighted by Crippen LogP contribution is 2.17. The van der Waals surface area contributed by atoms with Gasteiger partial charge in [0.25, 0.3) is 0 Å².